The summed E-state index contributed by atoms with van der Waals surface area (Å²) >= 11 is 0. The van der Waals surface area contributed by atoms with Gasteiger partial charge in [-0.15, -0.1) is 0 Å². The Morgan fingerprint density at radius 1 is 0.382 bits per heavy atom. The number of furan rings is 1. The zero-order valence-corrected chi connectivity index (χ0v) is 29.5. The SMILES string of the molecule is N#Cc1ccc(-c2cccc(-c3nc(-c4ccc5c(c4)oc4cccc(-c6ccc(-c7ccccc7)cc6)c45)nc(-c4cccc5ccccc45)n3)c2)cc1. The molecule has 0 bridgehead atoms. The van der Waals surface area contributed by atoms with Crippen LogP contribution in [0, 0.1) is 11.3 Å². The van der Waals surface area contributed by atoms with Gasteiger partial charge in [0.15, 0.2) is 17.5 Å². The third-order valence-corrected chi connectivity index (χ3v) is 10.2. The Labute approximate surface area is 317 Å². The van der Waals surface area contributed by atoms with Gasteiger partial charge in [-0.1, -0.05) is 146 Å². The van der Waals surface area contributed by atoms with E-state index in [1.54, 1.807) is 0 Å². The molecule has 10 aromatic rings. The normalized spacial score (nSPS) is 11.3. The average Bonchev–Trinajstić information content (AvgIpc) is 3.65. The molecule has 2 heterocycles. The Balaban J connectivity index is 1.10. The molecule has 0 aliphatic heterocycles. The second kappa shape index (κ2) is 13.4. The molecule has 0 radical (unpaired) electrons. The number of benzene rings is 8. The first-order chi connectivity index (χ1) is 27.2. The lowest BCUT2D eigenvalue weighted by Gasteiger charge is -2.11. The molecule has 0 aliphatic rings. The molecular formula is C50H30N4O. The van der Waals surface area contributed by atoms with Crippen LogP contribution in [0.5, 0.6) is 0 Å². The van der Waals surface area contributed by atoms with E-state index in [-0.39, 0.29) is 0 Å². The van der Waals surface area contributed by atoms with Crippen LogP contribution in [-0.4, -0.2) is 15.0 Å². The lowest BCUT2D eigenvalue weighted by Crippen LogP contribution is -2.00. The summed E-state index contributed by atoms with van der Waals surface area (Å²) in [7, 11) is 0. The van der Waals surface area contributed by atoms with E-state index in [0.717, 1.165) is 71.7 Å². The smallest absolute Gasteiger partial charge is 0.164 e. The van der Waals surface area contributed by atoms with Crippen molar-refractivity contribution in [2.45, 2.75) is 0 Å². The highest BCUT2D eigenvalue weighted by Crippen LogP contribution is 2.39. The van der Waals surface area contributed by atoms with E-state index in [1.807, 2.05) is 78.9 Å². The van der Waals surface area contributed by atoms with E-state index in [0.29, 0.717) is 23.0 Å². The lowest BCUT2D eigenvalue weighted by atomic mass is 9.96. The maximum Gasteiger partial charge on any atom is 0.164 e. The molecule has 0 fully saturated rings. The van der Waals surface area contributed by atoms with Gasteiger partial charge < -0.3 is 4.42 Å². The van der Waals surface area contributed by atoms with Crippen molar-refractivity contribution < 1.29 is 4.42 Å². The zero-order chi connectivity index (χ0) is 36.7. The predicted octanol–water partition coefficient (Wildman–Crippen LogP) is 12.8. The van der Waals surface area contributed by atoms with Crippen molar-refractivity contribution in [1.29, 1.82) is 5.26 Å². The summed E-state index contributed by atoms with van der Waals surface area (Å²) in [6, 6.07) is 64.1. The second-order valence-electron chi connectivity index (χ2n) is 13.5. The number of nitriles is 1. The van der Waals surface area contributed by atoms with Gasteiger partial charge in [0.1, 0.15) is 11.2 Å². The quantitative estimate of drug-likeness (QED) is 0.172. The van der Waals surface area contributed by atoms with Crippen molar-refractivity contribution in [2.24, 2.45) is 0 Å². The highest BCUT2D eigenvalue weighted by atomic mass is 16.3. The Kier molecular flexibility index (Phi) is 7.79. The fourth-order valence-corrected chi connectivity index (χ4v) is 7.43. The predicted molar refractivity (Wildman–Crippen MR) is 222 cm³/mol. The van der Waals surface area contributed by atoms with Gasteiger partial charge >= 0.3 is 0 Å². The van der Waals surface area contributed by atoms with Crippen LogP contribution < -0.4 is 0 Å². The first-order valence-corrected chi connectivity index (χ1v) is 18.2. The van der Waals surface area contributed by atoms with Gasteiger partial charge in [-0.05, 0) is 80.6 Å². The minimum absolute atomic E-state index is 0.552. The van der Waals surface area contributed by atoms with Crippen molar-refractivity contribution >= 4 is 32.7 Å². The molecule has 256 valence electrons. The lowest BCUT2D eigenvalue weighted by molar-refractivity contribution is 0.669. The summed E-state index contributed by atoms with van der Waals surface area (Å²) < 4.78 is 6.55. The van der Waals surface area contributed by atoms with E-state index in [2.05, 4.69) is 109 Å². The summed E-state index contributed by atoms with van der Waals surface area (Å²) in [4.78, 5) is 15.3. The van der Waals surface area contributed by atoms with E-state index in [4.69, 9.17) is 19.4 Å². The minimum Gasteiger partial charge on any atom is -0.456 e. The summed E-state index contributed by atoms with van der Waals surface area (Å²) in [5.41, 5.74) is 11.5. The van der Waals surface area contributed by atoms with E-state index < -0.39 is 0 Å². The topological polar surface area (TPSA) is 75.6 Å². The molecule has 0 saturated carbocycles. The highest BCUT2D eigenvalue weighted by Gasteiger charge is 2.18. The fourth-order valence-electron chi connectivity index (χ4n) is 7.43. The van der Waals surface area contributed by atoms with Gasteiger partial charge in [-0.25, -0.2) is 15.0 Å². The van der Waals surface area contributed by atoms with Crippen LogP contribution in [0.4, 0.5) is 0 Å². The van der Waals surface area contributed by atoms with Gasteiger partial charge in [0.25, 0.3) is 0 Å². The molecule has 0 spiro atoms. The van der Waals surface area contributed by atoms with Crippen LogP contribution in [0.2, 0.25) is 0 Å². The van der Waals surface area contributed by atoms with Gasteiger partial charge in [-0.3, -0.25) is 0 Å². The molecule has 5 nitrogen and oxygen atoms in total. The van der Waals surface area contributed by atoms with Crippen molar-refractivity contribution in [3.05, 3.63) is 188 Å². The Morgan fingerprint density at radius 3 is 1.76 bits per heavy atom. The van der Waals surface area contributed by atoms with E-state index in [1.165, 1.54) is 11.1 Å². The molecule has 10 rings (SSSR count). The van der Waals surface area contributed by atoms with Crippen molar-refractivity contribution in [3.8, 4) is 73.6 Å². The molecule has 0 unspecified atom stereocenters. The molecule has 2 aromatic heterocycles. The first-order valence-electron chi connectivity index (χ1n) is 18.2. The Morgan fingerprint density at radius 2 is 0.945 bits per heavy atom. The third-order valence-electron chi connectivity index (χ3n) is 10.2. The number of aromatic nitrogens is 3. The Bertz CT molecular complexity index is 3080. The standard InChI is InChI=1S/C50H30N4O/c51-31-32-19-21-35(22-20-32)38-13-6-14-39(29-38)48-52-49(54-50(53-48)43-17-7-12-36-11-4-5-15-41(36)43)40-27-28-44-46(30-40)55-45-18-8-16-42(47(44)45)37-25-23-34(24-26-37)33-9-2-1-3-10-33/h1-30H. The van der Waals surface area contributed by atoms with E-state index >= 15 is 0 Å². The number of nitrogens with zero attached hydrogens (tertiary/aromatic N) is 4. The van der Waals surface area contributed by atoms with Gasteiger partial charge in [0, 0.05) is 27.5 Å². The van der Waals surface area contributed by atoms with Crippen molar-refractivity contribution in [3.63, 3.8) is 0 Å². The van der Waals surface area contributed by atoms with Crippen molar-refractivity contribution in [2.75, 3.05) is 0 Å². The monoisotopic (exact) mass is 702 g/mol. The number of hydrogen-bond donors (Lipinski definition) is 0. The summed E-state index contributed by atoms with van der Waals surface area (Å²) in [6.45, 7) is 0. The minimum atomic E-state index is 0.552. The second-order valence-corrected chi connectivity index (χ2v) is 13.5. The zero-order valence-electron chi connectivity index (χ0n) is 29.5. The highest BCUT2D eigenvalue weighted by molar-refractivity contribution is 6.13. The fraction of sp³-hybridized carbons (Fsp3) is 0. The molecule has 0 amide bonds. The van der Waals surface area contributed by atoms with Gasteiger partial charge in [0.2, 0.25) is 0 Å². The van der Waals surface area contributed by atoms with Crippen LogP contribution in [0.3, 0.4) is 0 Å². The molecule has 8 aromatic carbocycles. The maximum absolute atomic E-state index is 9.32. The summed E-state index contributed by atoms with van der Waals surface area (Å²) in [5, 5.41) is 13.6. The van der Waals surface area contributed by atoms with Crippen LogP contribution in [0.25, 0.3) is 100 Å². The third kappa shape index (κ3) is 5.89. The largest absolute Gasteiger partial charge is 0.456 e. The van der Waals surface area contributed by atoms with Crippen molar-refractivity contribution in [1.82, 2.24) is 15.0 Å². The van der Waals surface area contributed by atoms with E-state index in [9.17, 15) is 5.26 Å². The average molecular weight is 703 g/mol. The maximum atomic E-state index is 9.32. The van der Waals surface area contributed by atoms with Crippen LogP contribution in [-0.2, 0) is 0 Å². The molecule has 5 heteroatoms. The molecule has 0 saturated heterocycles. The molecule has 0 N–H and O–H groups in total. The first kappa shape index (κ1) is 32.0. The van der Waals surface area contributed by atoms with Gasteiger partial charge in [0.05, 0.1) is 11.6 Å². The van der Waals surface area contributed by atoms with Crippen LogP contribution in [0.15, 0.2) is 186 Å². The van der Waals surface area contributed by atoms with Crippen LogP contribution in [0.1, 0.15) is 5.56 Å². The summed E-state index contributed by atoms with van der Waals surface area (Å²) in [6.07, 6.45) is 0. The number of rotatable bonds is 6. The van der Waals surface area contributed by atoms with Gasteiger partial charge in [-0.2, -0.15) is 5.26 Å². The number of hydrogen-bond acceptors (Lipinski definition) is 5. The molecule has 55 heavy (non-hydrogen) atoms. The number of fused-ring (bicyclic) bond motifs is 4. The molecular weight excluding hydrogens is 673 g/mol. The van der Waals surface area contributed by atoms with Crippen LogP contribution >= 0.6 is 0 Å². The molecule has 0 aliphatic carbocycles. The molecule has 0 atom stereocenters. The summed E-state index contributed by atoms with van der Waals surface area (Å²) in [5.74, 6) is 1.71. The Hall–Kier alpha value is -7.68.